The molecule has 0 saturated carbocycles. The maximum Gasteiger partial charge on any atom is 0.123 e. The number of nitrogens with zero attached hydrogens (tertiary/aromatic N) is 1. The molecule has 94 valence electrons. The van der Waals surface area contributed by atoms with Crippen LogP contribution in [-0.4, -0.2) is 29.7 Å². The number of halogens is 1. The first-order chi connectivity index (χ1) is 8.20. The average molecular weight is 237 g/mol. The van der Waals surface area contributed by atoms with Gasteiger partial charge >= 0.3 is 0 Å². The van der Waals surface area contributed by atoms with Gasteiger partial charge in [0.05, 0.1) is 0 Å². The number of hydrogen-bond acceptors (Lipinski definition) is 2. The van der Waals surface area contributed by atoms with Gasteiger partial charge in [0.1, 0.15) is 5.82 Å². The number of benzene rings is 1. The van der Waals surface area contributed by atoms with Crippen molar-refractivity contribution < 1.29 is 9.50 Å². The Morgan fingerprint density at radius 2 is 1.88 bits per heavy atom. The van der Waals surface area contributed by atoms with Crippen molar-refractivity contribution in [1.29, 1.82) is 0 Å². The number of piperidine rings is 1. The van der Waals surface area contributed by atoms with Gasteiger partial charge in [0.2, 0.25) is 0 Å². The molecule has 1 atom stereocenters. The van der Waals surface area contributed by atoms with Gasteiger partial charge in [0.25, 0.3) is 0 Å². The summed E-state index contributed by atoms with van der Waals surface area (Å²) in [7, 11) is 0. The maximum absolute atomic E-state index is 12.8. The van der Waals surface area contributed by atoms with E-state index in [0.717, 1.165) is 31.5 Å². The Bertz CT molecular complexity index is 344. The van der Waals surface area contributed by atoms with Gasteiger partial charge in [-0.05, 0) is 56.5 Å². The second-order valence-electron chi connectivity index (χ2n) is 4.89. The molecule has 0 bridgehead atoms. The molecule has 1 aliphatic rings. The predicted molar refractivity (Wildman–Crippen MR) is 66.2 cm³/mol. The molecule has 0 amide bonds. The molecule has 17 heavy (non-hydrogen) atoms. The minimum atomic E-state index is -0.181. The van der Waals surface area contributed by atoms with Crippen molar-refractivity contribution in [3.8, 4) is 0 Å². The molecule has 1 saturated heterocycles. The molecule has 1 aliphatic heterocycles. The normalized spacial score (nSPS) is 20.4. The molecule has 1 N–H and O–H groups in total. The van der Waals surface area contributed by atoms with Gasteiger partial charge in [-0.25, -0.2) is 4.39 Å². The van der Waals surface area contributed by atoms with Crippen molar-refractivity contribution in [2.45, 2.75) is 25.8 Å². The average Bonchev–Trinajstić information content (AvgIpc) is 2.39. The van der Waals surface area contributed by atoms with Gasteiger partial charge in [-0.3, -0.25) is 4.90 Å². The molecular formula is C14H20FNO. The zero-order valence-electron chi connectivity index (χ0n) is 10.3. The summed E-state index contributed by atoms with van der Waals surface area (Å²) in [6.07, 6.45) is 2.12. The topological polar surface area (TPSA) is 23.5 Å². The zero-order valence-corrected chi connectivity index (χ0v) is 10.3. The Labute approximate surface area is 102 Å². The van der Waals surface area contributed by atoms with Crippen LogP contribution in [0.4, 0.5) is 4.39 Å². The fraction of sp³-hybridized carbons (Fsp3) is 0.571. The summed E-state index contributed by atoms with van der Waals surface area (Å²) in [6, 6.07) is 7.09. The zero-order chi connectivity index (χ0) is 12.3. The molecule has 0 radical (unpaired) electrons. The molecule has 0 aromatic heterocycles. The molecule has 1 aromatic rings. The highest BCUT2D eigenvalue weighted by Gasteiger charge is 2.22. The summed E-state index contributed by atoms with van der Waals surface area (Å²) < 4.78 is 12.8. The highest BCUT2D eigenvalue weighted by molar-refractivity contribution is 5.19. The Kier molecular flexibility index (Phi) is 4.13. The third-order valence-corrected chi connectivity index (χ3v) is 3.81. The van der Waals surface area contributed by atoms with Crippen molar-refractivity contribution in [3.05, 3.63) is 35.6 Å². The SMILES string of the molecule is CC(c1ccc(F)cc1)N1CCC(CO)CC1. The standard InChI is InChI=1S/C14H20FNO/c1-11(13-2-4-14(15)5-3-13)16-8-6-12(10-17)7-9-16/h2-5,11-12,17H,6-10H2,1H3. The summed E-state index contributed by atoms with van der Waals surface area (Å²) in [5, 5.41) is 9.10. The summed E-state index contributed by atoms with van der Waals surface area (Å²) in [6.45, 7) is 4.50. The third-order valence-electron chi connectivity index (χ3n) is 3.81. The van der Waals surface area contributed by atoms with Crippen LogP contribution in [0.5, 0.6) is 0 Å². The first-order valence-corrected chi connectivity index (χ1v) is 6.31. The molecule has 3 heteroatoms. The fourth-order valence-corrected chi connectivity index (χ4v) is 2.47. The largest absolute Gasteiger partial charge is 0.396 e. The quantitative estimate of drug-likeness (QED) is 0.873. The number of rotatable bonds is 3. The molecule has 1 aromatic carbocycles. The van der Waals surface area contributed by atoms with Gasteiger partial charge in [-0.1, -0.05) is 12.1 Å². The summed E-state index contributed by atoms with van der Waals surface area (Å²) >= 11 is 0. The molecule has 2 rings (SSSR count). The number of likely N-dealkylation sites (tertiary alicyclic amines) is 1. The highest BCUT2D eigenvalue weighted by atomic mass is 19.1. The Balaban J connectivity index is 1.96. The van der Waals surface area contributed by atoms with E-state index < -0.39 is 0 Å². The second kappa shape index (κ2) is 5.61. The van der Waals surface area contributed by atoms with Crippen LogP contribution < -0.4 is 0 Å². The third kappa shape index (κ3) is 3.05. The molecular weight excluding hydrogens is 217 g/mol. The van der Waals surface area contributed by atoms with Crippen LogP contribution in [0.25, 0.3) is 0 Å². The van der Waals surface area contributed by atoms with Gasteiger partial charge in [-0.2, -0.15) is 0 Å². The van der Waals surface area contributed by atoms with E-state index in [2.05, 4.69) is 11.8 Å². The van der Waals surface area contributed by atoms with Crippen molar-refractivity contribution in [2.24, 2.45) is 5.92 Å². The minimum Gasteiger partial charge on any atom is -0.396 e. The van der Waals surface area contributed by atoms with E-state index in [9.17, 15) is 4.39 Å². The van der Waals surface area contributed by atoms with Crippen LogP contribution in [-0.2, 0) is 0 Å². The van der Waals surface area contributed by atoms with Crippen LogP contribution in [0, 0.1) is 11.7 Å². The lowest BCUT2D eigenvalue weighted by Gasteiger charge is -2.35. The first kappa shape index (κ1) is 12.5. The fourth-order valence-electron chi connectivity index (χ4n) is 2.47. The lowest BCUT2D eigenvalue weighted by atomic mass is 9.95. The van der Waals surface area contributed by atoms with Crippen LogP contribution >= 0.6 is 0 Å². The van der Waals surface area contributed by atoms with E-state index in [1.807, 2.05) is 12.1 Å². The van der Waals surface area contributed by atoms with Crippen LogP contribution in [0.1, 0.15) is 31.4 Å². The molecule has 1 fully saturated rings. The summed E-state index contributed by atoms with van der Waals surface area (Å²) in [5.74, 6) is 0.284. The second-order valence-corrected chi connectivity index (χ2v) is 4.89. The van der Waals surface area contributed by atoms with Crippen LogP contribution in [0.15, 0.2) is 24.3 Å². The monoisotopic (exact) mass is 237 g/mol. The summed E-state index contributed by atoms with van der Waals surface area (Å²) in [4.78, 5) is 2.40. The van der Waals surface area contributed by atoms with Crippen LogP contribution in [0.2, 0.25) is 0 Å². The molecule has 0 spiro atoms. The number of hydrogen-bond donors (Lipinski definition) is 1. The van der Waals surface area contributed by atoms with Gasteiger partial charge in [0.15, 0.2) is 0 Å². The van der Waals surface area contributed by atoms with Crippen molar-refractivity contribution in [3.63, 3.8) is 0 Å². The molecule has 1 heterocycles. The van der Waals surface area contributed by atoms with E-state index in [-0.39, 0.29) is 5.82 Å². The molecule has 1 unspecified atom stereocenters. The minimum absolute atomic E-state index is 0.181. The Morgan fingerprint density at radius 3 is 2.41 bits per heavy atom. The van der Waals surface area contributed by atoms with E-state index in [0.29, 0.717) is 18.6 Å². The first-order valence-electron chi connectivity index (χ1n) is 6.31. The summed E-state index contributed by atoms with van der Waals surface area (Å²) in [5.41, 5.74) is 1.16. The van der Waals surface area contributed by atoms with Crippen molar-refractivity contribution in [1.82, 2.24) is 4.90 Å². The lowest BCUT2D eigenvalue weighted by Crippen LogP contribution is -2.36. The van der Waals surface area contributed by atoms with Crippen molar-refractivity contribution in [2.75, 3.05) is 19.7 Å². The number of aliphatic hydroxyl groups excluding tert-OH is 1. The van der Waals surface area contributed by atoms with E-state index in [1.165, 1.54) is 12.1 Å². The van der Waals surface area contributed by atoms with E-state index in [4.69, 9.17) is 5.11 Å². The van der Waals surface area contributed by atoms with Gasteiger partial charge in [0, 0.05) is 12.6 Å². The van der Waals surface area contributed by atoms with E-state index >= 15 is 0 Å². The smallest absolute Gasteiger partial charge is 0.123 e. The highest BCUT2D eigenvalue weighted by Crippen LogP contribution is 2.26. The lowest BCUT2D eigenvalue weighted by molar-refractivity contribution is 0.106. The predicted octanol–water partition coefficient (Wildman–Crippen LogP) is 2.59. The molecule has 2 nitrogen and oxygen atoms in total. The molecule has 0 aliphatic carbocycles. The number of aliphatic hydroxyl groups is 1. The maximum atomic E-state index is 12.8. The van der Waals surface area contributed by atoms with Gasteiger partial charge < -0.3 is 5.11 Å². The Morgan fingerprint density at radius 1 is 1.29 bits per heavy atom. The van der Waals surface area contributed by atoms with E-state index in [1.54, 1.807) is 0 Å². The Hall–Kier alpha value is -0.930. The van der Waals surface area contributed by atoms with Crippen LogP contribution in [0.3, 0.4) is 0 Å². The van der Waals surface area contributed by atoms with Gasteiger partial charge in [-0.15, -0.1) is 0 Å². The van der Waals surface area contributed by atoms with Crippen molar-refractivity contribution >= 4 is 0 Å².